The molecule has 1 atom stereocenters. The third-order valence-corrected chi connectivity index (χ3v) is 3.68. The van der Waals surface area contributed by atoms with Gasteiger partial charge in [-0.05, 0) is 12.2 Å². The summed E-state index contributed by atoms with van der Waals surface area (Å²) in [6, 6.07) is 0.276. The van der Waals surface area contributed by atoms with Gasteiger partial charge in [0.15, 0.2) is 0 Å². The average molecular weight is 240 g/mol. The molecule has 2 rings (SSSR count). The van der Waals surface area contributed by atoms with Crippen LogP contribution in [0.2, 0.25) is 0 Å². The summed E-state index contributed by atoms with van der Waals surface area (Å²) in [6.07, 6.45) is 1.04. The predicted octanol–water partition coefficient (Wildman–Crippen LogP) is 1.16. The molecule has 1 aliphatic rings. The van der Waals surface area contributed by atoms with Crippen molar-refractivity contribution in [3.63, 3.8) is 0 Å². The number of hydrogen-bond donors (Lipinski definition) is 2. The Morgan fingerprint density at radius 1 is 1.62 bits per heavy atom. The maximum atomic E-state index is 11.8. The number of H-pyrrole nitrogens is 1. The van der Waals surface area contributed by atoms with E-state index in [4.69, 9.17) is 0 Å². The smallest absolute Gasteiger partial charge is 0.291 e. The van der Waals surface area contributed by atoms with Crippen molar-refractivity contribution < 1.29 is 4.79 Å². The molecule has 2 N–H and O–H groups in total. The Kier molecular flexibility index (Phi) is 3.48. The van der Waals surface area contributed by atoms with Gasteiger partial charge in [0.25, 0.3) is 5.91 Å². The molecule has 1 amide bonds. The molecule has 0 spiro atoms. The van der Waals surface area contributed by atoms with Crippen LogP contribution in [0.1, 0.15) is 42.6 Å². The van der Waals surface area contributed by atoms with E-state index in [-0.39, 0.29) is 23.7 Å². The maximum Gasteiger partial charge on any atom is 0.291 e. The van der Waals surface area contributed by atoms with Crippen molar-refractivity contribution in [2.75, 3.05) is 11.5 Å². The molecule has 1 aromatic heterocycles. The number of aromatic amines is 1. The molecule has 0 radical (unpaired) electrons. The highest BCUT2D eigenvalue weighted by atomic mass is 32.2. The lowest BCUT2D eigenvalue weighted by Crippen LogP contribution is -2.35. The Morgan fingerprint density at radius 2 is 2.44 bits per heavy atom. The van der Waals surface area contributed by atoms with Crippen LogP contribution in [-0.2, 0) is 0 Å². The van der Waals surface area contributed by atoms with Crippen molar-refractivity contribution >= 4 is 17.7 Å². The van der Waals surface area contributed by atoms with Crippen LogP contribution in [0.4, 0.5) is 0 Å². The van der Waals surface area contributed by atoms with Gasteiger partial charge in [-0.1, -0.05) is 13.8 Å². The summed E-state index contributed by atoms with van der Waals surface area (Å²) in [7, 11) is 0. The van der Waals surface area contributed by atoms with Crippen LogP contribution in [0.5, 0.6) is 0 Å². The van der Waals surface area contributed by atoms with Gasteiger partial charge in [-0.15, -0.1) is 5.10 Å². The first-order valence-corrected chi connectivity index (χ1v) is 6.63. The van der Waals surface area contributed by atoms with Gasteiger partial charge in [-0.25, -0.2) is 4.98 Å². The second-order valence-electron chi connectivity index (χ2n) is 4.23. The van der Waals surface area contributed by atoms with Crippen LogP contribution in [0.3, 0.4) is 0 Å². The number of amides is 1. The molecule has 16 heavy (non-hydrogen) atoms. The van der Waals surface area contributed by atoms with Crippen molar-refractivity contribution in [3.05, 3.63) is 11.6 Å². The molecule has 0 aliphatic carbocycles. The van der Waals surface area contributed by atoms with Crippen molar-refractivity contribution in [1.29, 1.82) is 0 Å². The highest BCUT2D eigenvalue weighted by molar-refractivity contribution is 7.99. The lowest BCUT2D eigenvalue weighted by Gasteiger charge is -2.08. The first kappa shape index (κ1) is 11.4. The molecule has 1 saturated heterocycles. The molecular weight excluding hydrogens is 224 g/mol. The highest BCUT2D eigenvalue weighted by Gasteiger charge is 2.21. The number of thioether (sulfide) groups is 1. The first-order chi connectivity index (χ1) is 7.66. The van der Waals surface area contributed by atoms with Gasteiger partial charge in [0, 0.05) is 17.7 Å². The van der Waals surface area contributed by atoms with E-state index in [1.165, 1.54) is 0 Å². The van der Waals surface area contributed by atoms with Crippen LogP contribution >= 0.6 is 11.8 Å². The summed E-state index contributed by atoms with van der Waals surface area (Å²) in [5.41, 5.74) is 0. The predicted molar refractivity (Wildman–Crippen MR) is 63.7 cm³/mol. The average Bonchev–Trinajstić information content (AvgIpc) is 2.86. The monoisotopic (exact) mass is 240 g/mol. The minimum atomic E-state index is -0.171. The normalized spacial score (nSPS) is 20.3. The van der Waals surface area contributed by atoms with Crippen LogP contribution < -0.4 is 5.32 Å². The van der Waals surface area contributed by atoms with Gasteiger partial charge in [0.1, 0.15) is 5.82 Å². The number of hydrogen-bond acceptors (Lipinski definition) is 4. The Hall–Kier alpha value is -1.04. The first-order valence-electron chi connectivity index (χ1n) is 5.47. The molecule has 5 nitrogen and oxygen atoms in total. The van der Waals surface area contributed by atoms with Crippen LogP contribution in [0.15, 0.2) is 0 Å². The molecule has 2 heterocycles. The SMILES string of the molecule is CC(C)c1nc(C(=O)NC2CCSC2)n[nH]1. The number of nitrogens with one attached hydrogen (secondary N) is 2. The lowest BCUT2D eigenvalue weighted by atomic mass is 10.2. The fourth-order valence-electron chi connectivity index (χ4n) is 1.53. The summed E-state index contributed by atoms with van der Waals surface area (Å²) in [6.45, 7) is 4.02. The minimum absolute atomic E-state index is 0.171. The second kappa shape index (κ2) is 4.86. The van der Waals surface area contributed by atoms with Gasteiger partial charge in [0.05, 0.1) is 0 Å². The zero-order valence-corrected chi connectivity index (χ0v) is 10.3. The number of carbonyl (C=O) groups is 1. The standard InChI is InChI=1S/C10H16N4OS/c1-6(2)8-12-9(14-13-8)10(15)11-7-3-4-16-5-7/h6-7H,3-5H2,1-2H3,(H,11,15)(H,12,13,14). The molecule has 1 aliphatic heterocycles. The van der Waals surface area contributed by atoms with E-state index < -0.39 is 0 Å². The molecule has 6 heteroatoms. The molecule has 88 valence electrons. The minimum Gasteiger partial charge on any atom is -0.346 e. The highest BCUT2D eigenvalue weighted by Crippen LogP contribution is 2.17. The zero-order chi connectivity index (χ0) is 11.5. The number of rotatable bonds is 3. The van der Waals surface area contributed by atoms with Gasteiger partial charge in [-0.2, -0.15) is 11.8 Å². The van der Waals surface area contributed by atoms with Gasteiger partial charge in [-0.3, -0.25) is 9.89 Å². The molecule has 0 aromatic carbocycles. The van der Waals surface area contributed by atoms with Crippen molar-refractivity contribution in [1.82, 2.24) is 20.5 Å². The quantitative estimate of drug-likeness (QED) is 0.832. The summed E-state index contributed by atoms with van der Waals surface area (Å²) < 4.78 is 0. The van der Waals surface area contributed by atoms with E-state index in [9.17, 15) is 4.79 Å². The Morgan fingerprint density at radius 3 is 3.00 bits per heavy atom. The Labute approximate surface area is 98.8 Å². The van der Waals surface area contributed by atoms with Crippen LogP contribution in [-0.4, -0.2) is 38.6 Å². The molecule has 1 aromatic rings. The number of aromatic nitrogens is 3. The summed E-state index contributed by atoms with van der Waals surface area (Å²) in [5, 5.41) is 9.65. The van der Waals surface area contributed by atoms with Gasteiger partial charge >= 0.3 is 0 Å². The molecule has 0 saturated carbocycles. The van der Waals surface area contributed by atoms with Crippen molar-refractivity contribution in [2.45, 2.75) is 32.2 Å². The lowest BCUT2D eigenvalue weighted by molar-refractivity contribution is 0.0931. The van der Waals surface area contributed by atoms with E-state index in [1.807, 2.05) is 25.6 Å². The third kappa shape index (κ3) is 2.55. The fourth-order valence-corrected chi connectivity index (χ4v) is 2.68. The second-order valence-corrected chi connectivity index (χ2v) is 5.38. The maximum absolute atomic E-state index is 11.8. The van der Waals surface area contributed by atoms with E-state index in [0.717, 1.165) is 23.8 Å². The largest absolute Gasteiger partial charge is 0.346 e. The summed E-state index contributed by atoms with van der Waals surface area (Å²) >= 11 is 1.87. The van der Waals surface area contributed by atoms with E-state index in [2.05, 4.69) is 20.5 Å². The summed E-state index contributed by atoms with van der Waals surface area (Å²) in [4.78, 5) is 15.9. The van der Waals surface area contributed by atoms with Crippen molar-refractivity contribution in [3.8, 4) is 0 Å². The van der Waals surface area contributed by atoms with Crippen LogP contribution in [0.25, 0.3) is 0 Å². The summed E-state index contributed by atoms with van der Waals surface area (Å²) in [5.74, 6) is 3.21. The van der Waals surface area contributed by atoms with Gasteiger partial charge in [0.2, 0.25) is 5.82 Å². The Balaban J connectivity index is 1.97. The molecule has 1 unspecified atom stereocenters. The fraction of sp³-hybridized carbons (Fsp3) is 0.700. The van der Waals surface area contributed by atoms with E-state index >= 15 is 0 Å². The van der Waals surface area contributed by atoms with E-state index in [0.29, 0.717) is 0 Å². The molecule has 0 bridgehead atoms. The number of nitrogens with zero attached hydrogens (tertiary/aromatic N) is 2. The molecular formula is C10H16N4OS. The zero-order valence-electron chi connectivity index (χ0n) is 9.49. The van der Waals surface area contributed by atoms with E-state index in [1.54, 1.807) is 0 Å². The third-order valence-electron chi connectivity index (χ3n) is 2.52. The van der Waals surface area contributed by atoms with Crippen molar-refractivity contribution in [2.24, 2.45) is 0 Å². The van der Waals surface area contributed by atoms with Gasteiger partial charge < -0.3 is 5.32 Å². The topological polar surface area (TPSA) is 70.7 Å². The number of carbonyl (C=O) groups excluding carboxylic acids is 1. The van der Waals surface area contributed by atoms with Crippen LogP contribution in [0, 0.1) is 0 Å². The Bertz CT molecular complexity index is 371. The molecule has 1 fully saturated rings.